The van der Waals surface area contributed by atoms with Gasteiger partial charge in [-0.05, 0) is 32.2 Å². The van der Waals surface area contributed by atoms with Gasteiger partial charge in [0.05, 0.1) is 10.2 Å². The number of carbonyl (C=O) groups is 3. The summed E-state index contributed by atoms with van der Waals surface area (Å²) in [4.78, 5) is 45.9. The smallest absolute Gasteiger partial charge is 0.253 e. The Balaban J connectivity index is 1.36. The van der Waals surface area contributed by atoms with Crippen LogP contribution in [0.15, 0.2) is 42.5 Å². The van der Waals surface area contributed by atoms with Crippen LogP contribution in [0.2, 0.25) is 0 Å². The normalized spacial score (nSPS) is 14.5. The molecule has 1 aromatic heterocycles. The Morgan fingerprint density at radius 2 is 1.66 bits per heavy atom. The first-order chi connectivity index (χ1) is 15.4. The second kappa shape index (κ2) is 9.58. The molecule has 1 saturated heterocycles. The van der Waals surface area contributed by atoms with Crippen molar-refractivity contribution >= 4 is 44.3 Å². The number of thiazole rings is 1. The van der Waals surface area contributed by atoms with E-state index < -0.39 is 0 Å². The molecule has 3 aromatic rings. The Morgan fingerprint density at radius 1 is 0.969 bits per heavy atom. The molecule has 8 heteroatoms. The average molecular weight is 451 g/mol. The van der Waals surface area contributed by atoms with E-state index in [1.54, 1.807) is 18.2 Å². The number of amides is 2. The van der Waals surface area contributed by atoms with E-state index in [2.05, 4.69) is 22.2 Å². The van der Waals surface area contributed by atoms with E-state index in [0.717, 1.165) is 42.0 Å². The number of aromatic nitrogens is 1. The lowest BCUT2D eigenvalue weighted by atomic mass is 10.1. The van der Waals surface area contributed by atoms with Crippen molar-refractivity contribution in [1.82, 2.24) is 14.8 Å². The summed E-state index contributed by atoms with van der Waals surface area (Å²) in [5.41, 5.74) is 3.06. The third-order valence-electron chi connectivity index (χ3n) is 5.62. The minimum absolute atomic E-state index is 0.0219. The molecule has 1 aliphatic heterocycles. The van der Waals surface area contributed by atoms with Gasteiger partial charge >= 0.3 is 0 Å². The van der Waals surface area contributed by atoms with E-state index in [1.807, 2.05) is 36.1 Å². The standard InChI is InChI=1S/C24H26N4O3S/c1-16-3-5-17(6-4-16)20(29)9-10-22(30)26-24-25-19-8-7-18(15-21(19)32-24)23(31)28-13-11-27(2)12-14-28/h3-8,15H,9-14H2,1-2H3,(H,25,26,30). The van der Waals surface area contributed by atoms with Crippen molar-refractivity contribution in [2.45, 2.75) is 19.8 Å². The van der Waals surface area contributed by atoms with Crippen LogP contribution in [0, 0.1) is 6.92 Å². The third-order valence-corrected chi connectivity index (χ3v) is 6.56. The molecule has 0 atom stereocenters. The van der Waals surface area contributed by atoms with E-state index >= 15 is 0 Å². The molecule has 0 spiro atoms. The fraction of sp³-hybridized carbons (Fsp3) is 0.333. The molecule has 32 heavy (non-hydrogen) atoms. The van der Waals surface area contributed by atoms with Crippen molar-refractivity contribution in [1.29, 1.82) is 0 Å². The summed E-state index contributed by atoms with van der Waals surface area (Å²) in [5, 5.41) is 3.25. The zero-order chi connectivity index (χ0) is 22.7. The molecule has 0 saturated carbocycles. The highest BCUT2D eigenvalue weighted by molar-refractivity contribution is 7.22. The van der Waals surface area contributed by atoms with Crippen molar-refractivity contribution in [3.63, 3.8) is 0 Å². The molecule has 0 radical (unpaired) electrons. The lowest BCUT2D eigenvalue weighted by molar-refractivity contribution is -0.116. The Hall–Kier alpha value is -3.10. The molecule has 4 rings (SSSR count). The van der Waals surface area contributed by atoms with E-state index in [1.165, 1.54) is 11.3 Å². The predicted octanol–water partition coefficient (Wildman–Crippen LogP) is 3.59. The number of ketones is 1. The van der Waals surface area contributed by atoms with Crippen LogP contribution in [0.4, 0.5) is 5.13 Å². The van der Waals surface area contributed by atoms with Crippen molar-refractivity contribution < 1.29 is 14.4 Å². The van der Waals surface area contributed by atoms with Gasteiger partial charge in [-0.3, -0.25) is 14.4 Å². The highest BCUT2D eigenvalue weighted by atomic mass is 32.1. The number of hydrogen-bond donors (Lipinski definition) is 1. The molecule has 1 N–H and O–H groups in total. The zero-order valence-corrected chi connectivity index (χ0v) is 19.1. The van der Waals surface area contributed by atoms with Gasteiger partial charge in [0, 0.05) is 50.1 Å². The maximum absolute atomic E-state index is 12.8. The van der Waals surface area contributed by atoms with Crippen LogP contribution in [-0.4, -0.2) is 65.6 Å². The largest absolute Gasteiger partial charge is 0.336 e. The highest BCUT2D eigenvalue weighted by Gasteiger charge is 2.21. The van der Waals surface area contributed by atoms with Crippen LogP contribution in [0.1, 0.15) is 39.1 Å². The van der Waals surface area contributed by atoms with Gasteiger partial charge in [0.25, 0.3) is 5.91 Å². The molecule has 2 heterocycles. The lowest BCUT2D eigenvalue weighted by Crippen LogP contribution is -2.47. The molecule has 2 aromatic carbocycles. The second-order valence-electron chi connectivity index (χ2n) is 8.13. The molecule has 1 fully saturated rings. The van der Waals surface area contributed by atoms with Crippen molar-refractivity contribution in [3.05, 3.63) is 59.2 Å². The Labute approximate surface area is 191 Å². The molecular weight excluding hydrogens is 424 g/mol. The molecule has 0 bridgehead atoms. The summed E-state index contributed by atoms with van der Waals surface area (Å²) in [6.45, 7) is 5.15. The van der Waals surface area contributed by atoms with E-state index in [0.29, 0.717) is 16.3 Å². The number of nitrogens with zero attached hydrogens (tertiary/aromatic N) is 3. The van der Waals surface area contributed by atoms with Crippen molar-refractivity contribution in [3.8, 4) is 0 Å². The number of rotatable bonds is 6. The number of likely N-dealkylation sites (N-methyl/N-ethyl adjacent to an activating group) is 1. The summed E-state index contributed by atoms with van der Waals surface area (Å²) in [7, 11) is 2.05. The summed E-state index contributed by atoms with van der Waals surface area (Å²) in [5.74, 6) is -0.289. The number of anilines is 1. The number of carbonyl (C=O) groups excluding carboxylic acids is 3. The topological polar surface area (TPSA) is 82.6 Å². The second-order valence-corrected chi connectivity index (χ2v) is 9.17. The Morgan fingerprint density at radius 3 is 2.38 bits per heavy atom. The first-order valence-electron chi connectivity index (χ1n) is 10.7. The number of Topliss-reactive ketones (excluding diaryl/α,β-unsaturated/α-hetero) is 1. The van der Waals surface area contributed by atoms with Crippen LogP contribution in [0.5, 0.6) is 0 Å². The minimum Gasteiger partial charge on any atom is -0.336 e. The summed E-state index contributed by atoms with van der Waals surface area (Å²) < 4.78 is 0.844. The molecule has 7 nitrogen and oxygen atoms in total. The van der Waals surface area contributed by atoms with Crippen LogP contribution in [-0.2, 0) is 4.79 Å². The van der Waals surface area contributed by atoms with Crippen LogP contribution in [0.3, 0.4) is 0 Å². The van der Waals surface area contributed by atoms with Gasteiger partial charge in [-0.25, -0.2) is 4.98 Å². The maximum atomic E-state index is 12.8. The molecular formula is C24H26N4O3S. The number of aryl methyl sites for hydroxylation is 1. The first-order valence-corrected chi connectivity index (χ1v) is 11.5. The highest BCUT2D eigenvalue weighted by Crippen LogP contribution is 2.27. The fourth-order valence-corrected chi connectivity index (χ4v) is 4.52. The Kier molecular flexibility index (Phi) is 6.62. The van der Waals surface area contributed by atoms with Gasteiger partial charge in [0.2, 0.25) is 5.91 Å². The predicted molar refractivity (Wildman–Crippen MR) is 126 cm³/mol. The SMILES string of the molecule is Cc1ccc(C(=O)CCC(=O)Nc2nc3ccc(C(=O)N4CCN(C)CC4)cc3s2)cc1. The average Bonchev–Trinajstić information content (AvgIpc) is 3.19. The summed E-state index contributed by atoms with van der Waals surface area (Å²) >= 11 is 1.33. The monoisotopic (exact) mass is 450 g/mol. The number of hydrogen-bond acceptors (Lipinski definition) is 6. The minimum atomic E-state index is -0.252. The van der Waals surface area contributed by atoms with Crippen LogP contribution in [0.25, 0.3) is 10.2 Å². The molecule has 166 valence electrons. The number of benzene rings is 2. The van der Waals surface area contributed by atoms with Crippen molar-refractivity contribution in [2.75, 3.05) is 38.5 Å². The van der Waals surface area contributed by atoms with Crippen molar-refractivity contribution in [2.24, 2.45) is 0 Å². The van der Waals surface area contributed by atoms with E-state index in [4.69, 9.17) is 0 Å². The Bertz CT molecular complexity index is 1150. The maximum Gasteiger partial charge on any atom is 0.253 e. The van der Waals surface area contributed by atoms with E-state index in [9.17, 15) is 14.4 Å². The fourth-order valence-electron chi connectivity index (χ4n) is 3.60. The zero-order valence-electron chi connectivity index (χ0n) is 18.3. The molecule has 0 aliphatic carbocycles. The van der Waals surface area contributed by atoms with Crippen LogP contribution >= 0.6 is 11.3 Å². The van der Waals surface area contributed by atoms with Gasteiger partial charge in [-0.15, -0.1) is 0 Å². The molecule has 2 amide bonds. The van der Waals surface area contributed by atoms with Gasteiger partial charge in [-0.1, -0.05) is 41.2 Å². The quantitative estimate of drug-likeness (QED) is 0.581. The lowest BCUT2D eigenvalue weighted by Gasteiger charge is -2.32. The van der Waals surface area contributed by atoms with Gasteiger partial charge in [-0.2, -0.15) is 0 Å². The number of nitrogens with one attached hydrogen (secondary N) is 1. The number of fused-ring (bicyclic) bond motifs is 1. The number of piperazine rings is 1. The summed E-state index contributed by atoms with van der Waals surface area (Å²) in [6, 6.07) is 12.8. The van der Waals surface area contributed by atoms with Gasteiger partial charge < -0.3 is 15.1 Å². The van der Waals surface area contributed by atoms with Gasteiger partial charge in [0.15, 0.2) is 10.9 Å². The third kappa shape index (κ3) is 5.20. The molecule has 0 unspecified atom stereocenters. The van der Waals surface area contributed by atoms with E-state index in [-0.39, 0.29) is 30.4 Å². The first kappa shape index (κ1) is 22.1. The van der Waals surface area contributed by atoms with Crippen LogP contribution < -0.4 is 5.32 Å². The molecule has 1 aliphatic rings. The van der Waals surface area contributed by atoms with Gasteiger partial charge in [0.1, 0.15) is 0 Å². The summed E-state index contributed by atoms with van der Waals surface area (Å²) in [6.07, 6.45) is 0.235.